The Morgan fingerprint density at radius 3 is 2.55 bits per heavy atom. The molecule has 5 nitrogen and oxygen atoms in total. The molecule has 0 radical (unpaired) electrons. The number of hydrogen-bond acceptors (Lipinski definition) is 2. The van der Waals surface area contributed by atoms with Crippen molar-refractivity contribution in [1.82, 2.24) is 9.88 Å². The van der Waals surface area contributed by atoms with Crippen LogP contribution in [-0.2, 0) is 4.79 Å². The van der Waals surface area contributed by atoms with Crippen LogP contribution in [0.3, 0.4) is 0 Å². The van der Waals surface area contributed by atoms with Crippen molar-refractivity contribution >= 4 is 11.9 Å². The smallest absolute Gasteiger partial charge is 0.306 e. The number of aliphatic carboxylic acids is 1. The topological polar surface area (TPSA) is 71.3 Å². The number of nitrogens with one attached hydrogen (secondary N) is 1. The number of nitrogens with zero attached hydrogens (tertiary/aromatic N) is 1. The number of carboxylic acid groups (broad SMARTS) is 1. The molecule has 1 aliphatic carbocycles. The second-order valence-corrected chi connectivity index (χ2v) is 8.58. The van der Waals surface area contributed by atoms with Gasteiger partial charge in [-0.05, 0) is 69.2 Å². The van der Waals surface area contributed by atoms with E-state index in [0.29, 0.717) is 24.3 Å². The van der Waals surface area contributed by atoms with Gasteiger partial charge in [-0.1, -0.05) is 32.4 Å². The van der Waals surface area contributed by atoms with Crippen molar-refractivity contribution in [2.75, 3.05) is 0 Å². The molecule has 1 saturated carbocycles. The average Bonchev–Trinajstić information content (AvgIpc) is 2.83. The summed E-state index contributed by atoms with van der Waals surface area (Å²) >= 11 is 0. The van der Waals surface area contributed by atoms with E-state index in [1.54, 1.807) is 0 Å². The van der Waals surface area contributed by atoms with Gasteiger partial charge in [-0.15, -0.1) is 0 Å². The molecular weight excluding hydrogens is 364 g/mol. The van der Waals surface area contributed by atoms with Crippen LogP contribution in [0.25, 0.3) is 5.69 Å². The van der Waals surface area contributed by atoms with E-state index in [1.165, 1.54) is 5.56 Å². The van der Waals surface area contributed by atoms with Gasteiger partial charge < -0.3 is 15.0 Å². The molecule has 0 bridgehead atoms. The Bertz CT molecular complexity index is 898. The summed E-state index contributed by atoms with van der Waals surface area (Å²) < 4.78 is 2.13. The molecule has 5 heteroatoms. The van der Waals surface area contributed by atoms with E-state index in [-0.39, 0.29) is 17.9 Å². The van der Waals surface area contributed by atoms with Gasteiger partial charge in [-0.25, -0.2) is 0 Å². The van der Waals surface area contributed by atoms with Gasteiger partial charge in [0.25, 0.3) is 5.91 Å². The zero-order valence-electron chi connectivity index (χ0n) is 17.9. The average molecular weight is 397 g/mol. The number of aromatic nitrogens is 1. The molecule has 0 spiro atoms. The maximum atomic E-state index is 13.0. The first-order chi connectivity index (χ1) is 13.8. The molecule has 1 amide bonds. The van der Waals surface area contributed by atoms with E-state index in [2.05, 4.69) is 48.0 Å². The van der Waals surface area contributed by atoms with E-state index >= 15 is 0 Å². The maximum Gasteiger partial charge on any atom is 0.306 e. The van der Waals surface area contributed by atoms with E-state index < -0.39 is 5.97 Å². The summed E-state index contributed by atoms with van der Waals surface area (Å²) in [6.07, 6.45) is 3.72. The fraction of sp³-hybridized carbons (Fsp3) is 0.500. The van der Waals surface area contributed by atoms with Crippen LogP contribution < -0.4 is 5.32 Å². The molecule has 0 saturated heterocycles. The van der Waals surface area contributed by atoms with Crippen LogP contribution in [0.2, 0.25) is 0 Å². The van der Waals surface area contributed by atoms with Crippen molar-refractivity contribution in [2.24, 2.45) is 5.92 Å². The number of benzene rings is 1. The lowest BCUT2D eigenvalue weighted by Gasteiger charge is -2.17. The fourth-order valence-electron chi connectivity index (χ4n) is 4.37. The van der Waals surface area contributed by atoms with E-state index in [4.69, 9.17) is 0 Å². The molecule has 29 heavy (non-hydrogen) atoms. The van der Waals surface area contributed by atoms with Gasteiger partial charge in [0.1, 0.15) is 0 Å². The molecule has 156 valence electrons. The first-order valence-electron chi connectivity index (χ1n) is 10.6. The summed E-state index contributed by atoms with van der Waals surface area (Å²) in [5, 5.41) is 12.4. The van der Waals surface area contributed by atoms with Gasteiger partial charge in [0.15, 0.2) is 0 Å². The monoisotopic (exact) mass is 396 g/mol. The Morgan fingerprint density at radius 2 is 1.86 bits per heavy atom. The highest BCUT2D eigenvalue weighted by Gasteiger charge is 2.25. The van der Waals surface area contributed by atoms with Crippen molar-refractivity contribution < 1.29 is 14.7 Å². The Hall–Kier alpha value is -2.56. The second-order valence-electron chi connectivity index (χ2n) is 8.58. The van der Waals surface area contributed by atoms with Crippen LogP contribution >= 0.6 is 0 Å². The predicted octanol–water partition coefficient (Wildman–Crippen LogP) is 4.98. The quantitative estimate of drug-likeness (QED) is 0.700. The zero-order valence-corrected chi connectivity index (χ0v) is 17.9. The van der Waals surface area contributed by atoms with Crippen molar-refractivity contribution in [3.8, 4) is 5.69 Å². The Labute approximate surface area is 173 Å². The number of rotatable bonds is 5. The third-order valence-electron chi connectivity index (χ3n) is 6.12. The molecule has 2 atom stereocenters. The minimum atomic E-state index is -0.718. The summed E-state index contributed by atoms with van der Waals surface area (Å²) in [5.41, 5.74) is 4.99. The van der Waals surface area contributed by atoms with E-state index in [9.17, 15) is 14.7 Å². The van der Waals surface area contributed by atoms with E-state index in [1.807, 2.05) is 19.9 Å². The van der Waals surface area contributed by atoms with Crippen LogP contribution in [0.5, 0.6) is 0 Å². The first kappa shape index (κ1) is 21.2. The van der Waals surface area contributed by atoms with Crippen LogP contribution in [0.15, 0.2) is 30.3 Å². The van der Waals surface area contributed by atoms with Gasteiger partial charge in [-0.3, -0.25) is 9.59 Å². The Balaban J connectivity index is 1.78. The molecule has 2 unspecified atom stereocenters. The van der Waals surface area contributed by atoms with Gasteiger partial charge in [-0.2, -0.15) is 0 Å². The molecule has 2 N–H and O–H groups in total. The maximum absolute atomic E-state index is 13.0. The second kappa shape index (κ2) is 8.85. The van der Waals surface area contributed by atoms with Crippen LogP contribution in [0, 0.1) is 19.8 Å². The molecule has 2 aromatic rings. The number of hydrogen-bond donors (Lipinski definition) is 2. The van der Waals surface area contributed by atoms with Gasteiger partial charge in [0, 0.05) is 23.1 Å². The van der Waals surface area contributed by atoms with Crippen molar-refractivity contribution in [3.05, 3.63) is 52.8 Å². The molecule has 0 aliphatic heterocycles. The molecule has 1 heterocycles. The largest absolute Gasteiger partial charge is 0.481 e. The lowest BCUT2D eigenvalue weighted by molar-refractivity contribution is -0.142. The zero-order chi connectivity index (χ0) is 21.1. The highest BCUT2D eigenvalue weighted by atomic mass is 16.4. The highest BCUT2D eigenvalue weighted by Crippen LogP contribution is 2.26. The van der Waals surface area contributed by atoms with Gasteiger partial charge >= 0.3 is 5.97 Å². The Morgan fingerprint density at radius 1 is 1.10 bits per heavy atom. The summed E-state index contributed by atoms with van der Waals surface area (Å²) in [5.74, 6) is -0.624. The van der Waals surface area contributed by atoms with E-state index in [0.717, 1.165) is 36.3 Å². The fourth-order valence-corrected chi connectivity index (χ4v) is 4.37. The normalized spacial score (nSPS) is 19.8. The predicted molar refractivity (Wildman–Crippen MR) is 115 cm³/mol. The summed E-state index contributed by atoms with van der Waals surface area (Å²) in [7, 11) is 0. The van der Waals surface area contributed by atoms with Gasteiger partial charge in [0.2, 0.25) is 0 Å². The highest BCUT2D eigenvalue weighted by molar-refractivity contribution is 5.96. The molecular formula is C24H32N2O3. The third-order valence-corrected chi connectivity index (χ3v) is 6.12. The number of carbonyl (C=O) groups excluding carboxylic acids is 1. The van der Waals surface area contributed by atoms with Crippen LogP contribution in [-0.4, -0.2) is 27.6 Å². The lowest BCUT2D eigenvalue weighted by Crippen LogP contribution is -2.34. The van der Waals surface area contributed by atoms with Crippen molar-refractivity contribution in [3.63, 3.8) is 0 Å². The van der Waals surface area contributed by atoms with Crippen molar-refractivity contribution in [2.45, 2.75) is 71.8 Å². The third kappa shape index (κ3) is 4.72. The molecule has 1 fully saturated rings. The molecule has 1 aromatic carbocycles. The number of amides is 1. The molecule has 1 aliphatic rings. The Kier molecular flexibility index (Phi) is 6.46. The summed E-state index contributed by atoms with van der Waals surface area (Å²) in [4.78, 5) is 24.2. The molecule has 1 aromatic heterocycles. The first-order valence-corrected chi connectivity index (χ1v) is 10.6. The minimum absolute atomic E-state index is 0.0409. The standard InChI is InChI=1S/C24H32N2O3/c1-15(2)19-8-6-10-21(14-19)26-16(3)13-22(17(26)4)23(27)25-20-9-5-7-18(11-12-20)24(28)29/h6,8,10,13-15,18,20H,5,7,9,11-12H2,1-4H3,(H,25,27)(H,28,29). The van der Waals surface area contributed by atoms with Crippen molar-refractivity contribution in [1.29, 1.82) is 0 Å². The summed E-state index contributed by atoms with van der Waals surface area (Å²) in [6, 6.07) is 10.4. The van der Waals surface area contributed by atoms with Crippen LogP contribution in [0.4, 0.5) is 0 Å². The van der Waals surface area contributed by atoms with Crippen LogP contribution in [0.1, 0.15) is 79.2 Å². The lowest BCUT2D eigenvalue weighted by atomic mass is 10.0. The number of carbonyl (C=O) groups is 2. The van der Waals surface area contributed by atoms with Gasteiger partial charge in [0.05, 0.1) is 11.5 Å². The SMILES string of the molecule is Cc1cc(C(=O)NC2CCCC(C(=O)O)CC2)c(C)n1-c1cccc(C(C)C)c1. The minimum Gasteiger partial charge on any atom is -0.481 e. The molecule has 3 rings (SSSR count). The number of aryl methyl sites for hydroxylation is 1. The summed E-state index contributed by atoms with van der Waals surface area (Å²) in [6.45, 7) is 8.36. The number of carboxylic acids is 1.